The molecule has 5 heteroatoms. The van der Waals surface area contributed by atoms with Crippen molar-refractivity contribution in [1.29, 1.82) is 0 Å². The fraction of sp³-hybridized carbons (Fsp3) is 0.304. The first-order valence-corrected chi connectivity index (χ1v) is 9.55. The number of ether oxygens (including phenoxy) is 1. The summed E-state index contributed by atoms with van der Waals surface area (Å²) in [6, 6.07) is 13.3. The van der Waals surface area contributed by atoms with Gasteiger partial charge >= 0.3 is 0 Å². The molecule has 28 heavy (non-hydrogen) atoms. The predicted octanol–water partition coefficient (Wildman–Crippen LogP) is 3.76. The molecular weight excluding hydrogens is 350 g/mol. The van der Waals surface area contributed by atoms with Gasteiger partial charge in [0.25, 0.3) is 5.56 Å². The van der Waals surface area contributed by atoms with Gasteiger partial charge in [0, 0.05) is 35.6 Å². The zero-order valence-electron chi connectivity index (χ0n) is 16.1. The topological polar surface area (TPSA) is 49.1 Å². The first-order valence-electron chi connectivity index (χ1n) is 9.55. The highest BCUT2D eigenvalue weighted by atomic mass is 16.5. The van der Waals surface area contributed by atoms with E-state index in [1.807, 2.05) is 44.3 Å². The Morgan fingerprint density at radius 3 is 2.68 bits per heavy atom. The van der Waals surface area contributed by atoms with E-state index < -0.39 is 0 Å². The van der Waals surface area contributed by atoms with Crippen molar-refractivity contribution in [2.75, 3.05) is 0 Å². The molecule has 0 radical (unpaired) electrons. The van der Waals surface area contributed by atoms with Crippen LogP contribution in [0.3, 0.4) is 0 Å². The summed E-state index contributed by atoms with van der Waals surface area (Å²) >= 11 is 0. The molecule has 0 bridgehead atoms. The van der Waals surface area contributed by atoms with E-state index in [1.54, 1.807) is 15.4 Å². The van der Waals surface area contributed by atoms with Crippen molar-refractivity contribution in [2.45, 2.75) is 39.5 Å². The minimum Gasteiger partial charge on any atom is -0.471 e. The van der Waals surface area contributed by atoms with Crippen molar-refractivity contribution in [3.63, 3.8) is 0 Å². The van der Waals surface area contributed by atoms with Crippen LogP contribution in [-0.4, -0.2) is 14.3 Å². The lowest BCUT2D eigenvalue weighted by molar-refractivity contribution is 0.220. The van der Waals surface area contributed by atoms with Crippen LogP contribution in [0.5, 0.6) is 5.75 Å². The van der Waals surface area contributed by atoms with Crippen LogP contribution in [0.25, 0.3) is 0 Å². The van der Waals surface area contributed by atoms with E-state index in [2.05, 4.69) is 29.1 Å². The minimum absolute atomic E-state index is 0.0712. The summed E-state index contributed by atoms with van der Waals surface area (Å²) in [5, 5.41) is 4.09. The predicted molar refractivity (Wildman–Crippen MR) is 108 cm³/mol. The maximum atomic E-state index is 12.7. The van der Waals surface area contributed by atoms with Gasteiger partial charge < -0.3 is 9.30 Å². The van der Waals surface area contributed by atoms with E-state index in [4.69, 9.17) is 4.74 Å². The lowest BCUT2D eigenvalue weighted by Crippen LogP contribution is -2.25. The average molecular weight is 373 g/mol. The first kappa shape index (κ1) is 18.1. The van der Waals surface area contributed by atoms with E-state index in [1.165, 1.54) is 18.9 Å². The lowest BCUT2D eigenvalue weighted by Gasteiger charge is -2.19. The second-order valence-electron chi connectivity index (χ2n) is 7.20. The molecule has 1 aliphatic rings. The summed E-state index contributed by atoms with van der Waals surface area (Å²) in [5.41, 5.74) is 2.87. The second-order valence-corrected chi connectivity index (χ2v) is 7.20. The third-order valence-corrected chi connectivity index (χ3v) is 4.94. The summed E-state index contributed by atoms with van der Waals surface area (Å²) in [6.07, 6.45) is 5.96. The summed E-state index contributed by atoms with van der Waals surface area (Å²) in [7, 11) is 0. The van der Waals surface area contributed by atoms with E-state index >= 15 is 0 Å². The van der Waals surface area contributed by atoms with E-state index in [0.717, 1.165) is 16.8 Å². The first-order chi connectivity index (χ1) is 13.6. The van der Waals surface area contributed by atoms with Gasteiger partial charge in [-0.3, -0.25) is 4.79 Å². The molecule has 0 aliphatic heterocycles. The van der Waals surface area contributed by atoms with Gasteiger partial charge in [0.15, 0.2) is 6.73 Å². The summed E-state index contributed by atoms with van der Waals surface area (Å²) < 4.78 is 9.14. The molecule has 0 saturated heterocycles. The summed E-state index contributed by atoms with van der Waals surface area (Å²) in [6.45, 7) is 4.23. The number of pyridine rings is 1. The molecular formula is C23H23N3O2. The Labute approximate surface area is 164 Å². The molecule has 3 aromatic rings. The second kappa shape index (κ2) is 7.77. The van der Waals surface area contributed by atoms with Crippen LogP contribution in [0.1, 0.15) is 42.6 Å². The molecule has 2 aromatic heterocycles. The largest absolute Gasteiger partial charge is 0.471 e. The fourth-order valence-electron chi connectivity index (χ4n) is 3.19. The Kier molecular flexibility index (Phi) is 5.03. The average Bonchev–Trinajstić information content (AvgIpc) is 3.37. The molecule has 142 valence electrons. The van der Waals surface area contributed by atoms with Crippen LogP contribution in [0, 0.1) is 24.7 Å². The van der Waals surface area contributed by atoms with Crippen LogP contribution in [0.2, 0.25) is 0 Å². The number of nitrogens with zero attached hydrogens (tertiary/aromatic N) is 3. The monoisotopic (exact) mass is 373 g/mol. The number of hydrogen-bond acceptors (Lipinski definition) is 3. The van der Waals surface area contributed by atoms with E-state index in [-0.39, 0.29) is 18.3 Å². The molecule has 0 amide bonds. The van der Waals surface area contributed by atoms with Crippen LogP contribution < -0.4 is 10.3 Å². The van der Waals surface area contributed by atoms with Gasteiger partial charge in [-0.2, -0.15) is 5.10 Å². The summed E-state index contributed by atoms with van der Waals surface area (Å²) in [4.78, 5) is 12.7. The van der Waals surface area contributed by atoms with Crippen LogP contribution in [-0.2, 0) is 6.73 Å². The van der Waals surface area contributed by atoms with Crippen LogP contribution in [0.4, 0.5) is 0 Å². The number of aryl methyl sites for hydroxylation is 1. The molecule has 1 atom stereocenters. The minimum atomic E-state index is -0.0828. The van der Waals surface area contributed by atoms with Gasteiger partial charge in [-0.05, 0) is 56.5 Å². The van der Waals surface area contributed by atoms with Crippen molar-refractivity contribution < 1.29 is 4.74 Å². The molecule has 4 rings (SSSR count). The molecule has 1 aliphatic carbocycles. The van der Waals surface area contributed by atoms with Crippen molar-refractivity contribution >= 4 is 0 Å². The molecule has 2 heterocycles. The van der Waals surface area contributed by atoms with Crippen LogP contribution >= 0.6 is 0 Å². The molecule has 1 saturated carbocycles. The van der Waals surface area contributed by atoms with Crippen molar-refractivity contribution in [3.05, 3.63) is 82.0 Å². The number of benzene rings is 1. The van der Waals surface area contributed by atoms with E-state index in [9.17, 15) is 4.79 Å². The van der Waals surface area contributed by atoms with Gasteiger partial charge in [0.05, 0.1) is 6.04 Å². The van der Waals surface area contributed by atoms with Crippen molar-refractivity contribution in [3.8, 4) is 17.6 Å². The number of hydrogen-bond donors (Lipinski definition) is 0. The van der Waals surface area contributed by atoms with Gasteiger partial charge in [-0.1, -0.05) is 24.0 Å². The Morgan fingerprint density at radius 2 is 2.04 bits per heavy atom. The van der Waals surface area contributed by atoms with Crippen LogP contribution in [0.15, 0.2) is 59.7 Å². The smallest absolute Gasteiger partial charge is 0.255 e. The normalized spacial score (nSPS) is 14.2. The van der Waals surface area contributed by atoms with Gasteiger partial charge in [0.1, 0.15) is 5.75 Å². The van der Waals surface area contributed by atoms with Crippen molar-refractivity contribution in [1.82, 2.24) is 14.3 Å². The van der Waals surface area contributed by atoms with Crippen molar-refractivity contribution in [2.24, 2.45) is 5.92 Å². The zero-order chi connectivity index (χ0) is 19.5. The third kappa shape index (κ3) is 4.17. The SMILES string of the molecule is Cc1cc(OCn2cccn2)cc(=O)n1[C@H](C)c1ccc(C#CC2CC2)cc1. The summed E-state index contributed by atoms with van der Waals surface area (Å²) in [5.74, 6) is 7.64. The van der Waals surface area contributed by atoms with Gasteiger partial charge in [-0.15, -0.1) is 0 Å². The van der Waals surface area contributed by atoms with E-state index in [0.29, 0.717) is 11.7 Å². The maximum absolute atomic E-state index is 12.7. The number of aromatic nitrogens is 3. The quantitative estimate of drug-likeness (QED) is 0.640. The molecule has 1 fully saturated rings. The maximum Gasteiger partial charge on any atom is 0.255 e. The molecule has 0 N–H and O–H groups in total. The molecule has 5 nitrogen and oxygen atoms in total. The fourth-order valence-corrected chi connectivity index (χ4v) is 3.19. The number of rotatable bonds is 5. The standard InChI is InChI=1S/C23H23N3O2/c1-17-14-22(28-16-25-13-3-12-24-25)15-23(27)26(17)18(2)21-10-8-20(9-11-21)7-6-19-4-5-19/h3,8-15,18-19H,4-5,16H2,1-2H3/t18-/m1/s1. The third-order valence-electron chi connectivity index (χ3n) is 4.94. The molecule has 1 aromatic carbocycles. The highest BCUT2D eigenvalue weighted by Gasteiger charge is 2.17. The Bertz CT molecular complexity index is 1070. The highest BCUT2D eigenvalue weighted by Crippen LogP contribution is 2.27. The van der Waals surface area contributed by atoms with Gasteiger partial charge in [-0.25, -0.2) is 4.68 Å². The van der Waals surface area contributed by atoms with Gasteiger partial charge in [0.2, 0.25) is 0 Å². The highest BCUT2D eigenvalue weighted by molar-refractivity contribution is 5.38. The Hall–Kier alpha value is -3.26. The molecule has 0 spiro atoms. The zero-order valence-corrected chi connectivity index (χ0v) is 16.1. The molecule has 0 unspecified atom stereocenters. The Morgan fingerprint density at radius 1 is 1.25 bits per heavy atom. The lowest BCUT2D eigenvalue weighted by atomic mass is 10.1. The Balaban J connectivity index is 1.51.